The number of carbonyl (C=O) groups is 1. The maximum absolute atomic E-state index is 13.2. The van der Waals surface area contributed by atoms with E-state index >= 15 is 0 Å². The van der Waals surface area contributed by atoms with E-state index in [2.05, 4.69) is 17.0 Å². The second-order valence-corrected chi connectivity index (χ2v) is 8.92. The van der Waals surface area contributed by atoms with Gasteiger partial charge in [-0.2, -0.15) is 9.50 Å². The summed E-state index contributed by atoms with van der Waals surface area (Å²) in [5.41, 5.74) is 2.57. The number of hydrogen-bond donors (Lipinski definition) is 0. The predicted molar refractivity (Wildman–Crippen MR) is 130 cm³/mol. The number of aromatic nitrogens is 3. The highest BCUT2D eigenvalue weighted by Crippen LogP contribution is 2.35. The van der Waals surface area contributed by atoms with Gasteiger partial charge in [0.25, 0.3) is 11.5 Å². The zero-order valence-electron chi connectivity index (χ0n) is 18.6. The molecule has 2 aromatic carbocycles. The average Bonchev–Trinajstić information content (AvgIpc) is 3.46. The number of unbranched alkanes of at least 4 members (excludes halogenated alkanes) is 1. The molecule has 0 atom stereocenters. The topological polar surface area (TPSA) is 76.8 Å². The lowest BCUT2D eigenvalue weighted by Crippen LogP contribution is -2.32. The average molecular weight is 461 g/mol. The maximum Gasteiger partial charge on any atom is 0.291 e. The lowest BCUT2D eigenvalue weighted by molar-refractivity contribution is -0.113. The van der Waals surface area contributed by atoms with E-state index in [1.807, 2.05) is 55.5 Å². The van der Waals surface area contributed by atoms with Crippen LogP contribution in [0.2, 0.25) is 0 Å². The van der Waals surface area contributed by atoms with Gasteiger partial charge in [0.05, 0.1) is 17.9 Å². The van der Waals surface area contributed by atoms with Crippen LogP contribution in [0.25, 0.3) is 21.9 Å². The van der Waals surface area contributed by atoms with Gasteiger partial charge in [-0.3, -0.25) is 9.59 Å². The van der Waals surface area contributed by atoms with Crippen molar-refractivity contribution in [2.75, 3.05) is 18.1 Å². The highest BCUT2D eigenvalue weighted by Gasteiger charge is 2.33. The molecule has 0 saturated heterocycles. The van der Waals surface area contributed by atoms with Crippen LogP contribution in [0.3, 0.4) is 0 Å². The van der Waals surface area contributed by atoms with Crippen LogP contribution >= 0.6 is 11.3 Å². The van der Waals surface area contributed by atoms with E-state index in [0.29, 0.717) is 34.0 Å². The summed E-state index contributed by atoms with van der Waals surface area (Å²) in [6.07, 6.45) is 2.93. The molecule has 0 bridgehead atoms. The van der Waals surface area contributed by atoms with Crippen molar-refractivity contribution in [3.8, 4) is 17.1 Å². The zero-order valence-corrected chi connectivity index (χ0v) is 19.4. The summed E-state index contributed by atoms with van der Waals surface area (Å²) in [6.45, 7) is 5.45. The standard InChI is InChI=1S/C25H24N4O3S/c1-3-5-15-32-17-12-10-16(11-13-17)22-26-25-29(27-22)24(31)21(33-25)20-18-8-6-7-9-19(18)28(14-4-2)23(20)30/h6-13H,3-5,14-15H2,1-2H3/b21-20-. The Labute approximate surface area is 194 Å². The minimum absolute atomic E-state index is 0.140. The van der Waals surface area contributed by atoms with Crippen LogP contribution in [0, 0.1) is 0 Å². The summed E-state index contributed by atoms with van der Waals surface area (Å²) < 4.78 is 7.38. The quantitative estimate of drug-likeness (QED) is 0.393. The van der Waals surface area contributed by atoms with Crippen LogP contribution in [-0.2, 0) is 4.79 Å². The van der Waals surface area contributed by atoms with Crippen molar-refractivity contribution >= 4 is 33.5 Å². The lowest BCUT2D eigenvalue weighted by Gasteiger charge is -2.15. The first-order valence-corrected chi connectivity index (χ1v) is 12.0. The van der Waals surface area contributed by atoms with E-state index in [1.165, 1.54) is 15.9 Å². The largest absolute Gasteiger partial charge is 0.494 e. The molecule has 1 aliphatic rings. The Morgan fingerprint density at radius 1 is 1.00 bits per heavy atom. The van der Waals surface area contributed by atoms with E-state index in [1.54, 1.807) is 4.90 Å². The van der Waals surface area contributed by atoms with Gasteiger partial charge >= 0.3 is 0 Å². The Balaban J connectivity index is 1.54. The summed E-state index contributed by atoms with van der Waals surface area (Å²) in [5, 5.41) is 4.44. The Kier molecular flexibility index (Phi) is 5.68. The molecule has 0 spiro atoms. The molecule has 33 heavy (non-hydrogen) atoms. The summed E-state index contributed by atoms with van der Waals surface area (Å²) in [7, 11) is 0. The number of fused-ring (bicyclic) bond motifs is 2. The number of anilines is 1. The molecule has 0 saturated carbocycles. The number of thiazole rings is 1. The first kappa shape index (κ1) is 21.3. The minimum Gasteiger partial charge on any atom is -0.494 e. The molecule has 168 valence electrons. The van der Waals surface area contributed by atoms with Crippen molar-refractivity contribution in [2.45, 2.75) is 33.1 Å². The van der Waals surface area contributed by atoms with Crippen LogP contribution < -0.4 is 19.7 Å². The van der Waals surface area contributed by atoms with Crippen molar-refractivity contribution in [2.24, 2.45) is 0 Å². The van der Waals surface area contributed by atoms with Gasteiger partial charge in [0.15, 0.2) is 5.82 Å². The molecule has 5 rings (SSSR count). The second-order valence-electron chi connectivity index (χ2n) is 7.94. The van der Waals surface area contributed by atoms with Crippen LogP contribution in [0.4, 0.5) is 5.69 Å². The summed E-state index contributed by atoms with van der Waals surface area (Å²) in [6, 6.07) is 15.2. The van der Waals surface area contributed by atoms with Gasteiger partial charge < -0.3 is 9.64 Å². The number of rotatable bonds is 7. The molecule has 3 heterocycles. The molecule has 0 aliphatic carbocycles. The molecule has 4 aromatic rings. The zero-order chi connectivity index (χ0) is 22.9. The number of carbonyl (C=O) groups excluding carboxylic acids is 1. The van der Waals surface area contributed by atoms with Crippen LogP contribution in [0.1, 0.15) is 38.7 Å². The number of amides is 1. The smallest absolute Gasteiger partial charge is 0.291 e. The first-order chi connectivity index (χ1) is 16.1. The fraction of sp³-hybridized carbons (Fsp3) is 0.280. The van der Waals surface area contributed by atoms with Crippen molar-refractivity contribution in [3.05, 3.63) is 69.0 Å². The fourth-order valence-electron chi connectivity index (χ4n) is 3.99. The molecule has 0 N–H and O–H groups in total. The lowest BCUT2D eigenvalue weighted by atomic mass is 10.1. The van der Waals surface area contributed by atoms with Gasteiger partial charge in [-0.05, 0) is 43.2 Å². The second kappa shape index (κ2) is 8.78. The number of benzene rings is 2. The van der Waals surface area contributed by atoms with Crippen molar-refractivity contribution in [1.29, 1.82) is 0 Å². The number of para-hydroxylation sites is 1. The third-order valence-corrected chi connectivity index (χ3v) is 6.66. The van der Waals surface area contributed by atoms with E-state index in [4.69, 9.17) is 4.74 Å². The van der Waals surface area contributed by atoms with Crippen LogP contribution in [0.5, 0.6) is 5.75 Å². The van der Waals surface area contributed by atoms with Gasteiger partial charge in [-0.15, -0.1) is 5.10 Å². The molecule has 0 radical (unpaired) electrons. The van der Waals surface area contributed by atoms with Crippen LogP contribution in [0.15, 0.2) is 53.3 Å². The van der Waals surface area contributed by atoms with Gasteiger partial charge in [-0.1, -0.05) is 49.8 Å². The van der Waals surface area contributed by atoms with E-state index < -0.39 is 0 Å². The van der Waals surface area contributed by atoms with Gasteiger partial charge in [-0.25, -0.2) is 0 Å². The highest BCUT2D eigenvalue weighted by molar-refractivity contribution is 7.15. The molecular formula is C25H24N4O3S. The number of nitrogens with zero attached hydrogens (tertiary/aromatic N) is 4. The third-order valence-electron chi connectivity index (χ3n) is 5.63. The van der Waals surface area contributed by atoms with Gasteiger partial charge in [0, 0.05) is 17.7 Å². The SMILES string of the molecule is CCCCOc1ccc(-c2nc3s/c(=C4\C(=O)N(CCC)c5ccccc54)c(=O)n3n2)cc1. The van der Waals surface area contributed by atoms with E-state index in [9.17, 15) is 9.59 Å². The summed E-state index contributed by atoms with van der Waals surface area (Å²) >= 11 is 1.21. The Bertz CT molecular complexity index is 1440. The Morgan fingerprint density at radius 3 is 2.52 bits per heavy atom. The molecule has 1 aliphatic heterocycles. The third kappa shape index (κ3) is 3.70. The van der Waals surface area contributed by atoms with E-state index in [-0.39, 0.29) is 11.5 Å². The molecule has 7 nitrogen and oxygen atoms in total. The normalized spacial score (nSPS) is 14.8. The Hall–Kier alpha value is -3.52. The molecule has 1 amide bonds. The predicted octanol–water partition coefficient (Wildman–Crippen LogP) is 3.67. The fourth-order valence-corrected chi connectivity index (χ4v) is 4.99. The summed E-state index contributed by atoms with van der Waals surface area (Å²) in [5.74, 6) is 1.13. The highest BCUT2D eigenvalue weighted by atomic mass is 32.1. The van der Waals surface area contributed by atoms with Crippen LogP contribution in [-0.4, -0.2) is 33.7 Å². The number of ether oxygens (including phenoxy) is 1. The molecule has 0 unspecified atom stereocenters. The number of hydrogen-bond acceptors (Lipinski definition) is 6. The Morgan fingerprint density at radius 2 is 1.79 bits per heavy atom. The molecule has 2 aromatic heterocycles. The van der Waals surface area contributed by atoms with Gasteiger partial charge in [0.1, 0.15) is 10.3 Å². The maximum atomic E-state index is 13.2. The first-order valence-electron chi connectivity index (χ1n) is 11.2. The van der Waals surface area contributed by atoms with Gasteiger partial charge in [0.2, 0.25) is 4.96 Å². The summed E-state index contributed by atoms with van der Waals surface area (Å²) in [4.78, 5) is 33.2. The monoisotopic (exact) mass is 460 g/mol. The van der Waals surface area contributed by atoms with Crippen molar-refractivity contribution < 1.29 is 9.53 Å². The van der Waals surface area contributed by atoms with E-state index in [0.717, 1.165) is 41.8 Å². The molecule has 8 heteroatoms. The van der Waals surface area contributed by atoms with Crippen molar-refractivity contribution in [1.82, 2.24) is 14.6 Å². The molecule has 0 fully saturated rings. The van der Waals surface area contributed by atoms with Crippen molar-refractivity contribution in [3.63, 3.8) is 0 Å². The minimum atomic E-state index is -0.315. The molecular weight excluding hydrogens is 436 g/mol.